The van der Waals surface area contributed by atoms with Gasteiger partial charge in [0, 0.05) is 24.7 Å². The Kier molecular flexibility index (Phi) is 18.5. The molecule has 2 rings (SSSR count). The van der Waals surface area contributed by atoms with E-state index in [9.17, 15) is 4.79 Å². The summed E-state index contributed by atoms with van der Waals surface area (Å²) < 4.78 is 13.5. The number of unbranched alkanes of at least 4 members (excludes halogenated alkanes) is 9. The Morgan fingerprint density at radius 1 is 0.889 bits per heavy atom. The van der Waals surface area contributed by atoms with Crippen LogP contribution in [0.1, 0.15) is 83.6 Å². The molecule has 2 aromatic rings. The number of nitrogens with one attached hydrogen (secondary N) is 1. The van der Waals surface area contributed by atoms with Crippen LogP contribution >= 0.6 is 11.6 Å². The number of carbonyl (C=O) groups is 1. The van der Waals surface area contributed by atoms with Crippen molar-refractivity contribution in [2.75, 3.05) is 19.8 Å². The minimum Gasteiger partial charge on any atom is -1.00 e. The lowest BCUT2D eigenvalue weighted by Gasteiger charge is -2.11. The molecular formula is C29H44ClIN2O3. The maximum atomic E-state index is 12.1. The molecule has 1 aromatic heterocycles. The number of nitrogens with zero attached hydrogens (tertiary/aromatic N) is 1. The van der Waals surface area contributed by atoms with E-state index >= 15 is 0 Å². The Balaban J connectivity index is 0.00000648. The van der Waals surface area contributed by atoms with Crippen LogP contribution in [0.4, 0.5) is 0 Å². The first-order chi connectivity index (χ1) is 17.1. The summed E-state index contributed by atoms with van der Waals surface area (Å²) in [6.45, 7) is 6.51. The van der Waals surface area contributed by atoms with E-state index in [0.29, 0.717) is 29.7 Å². The summed E-state index contributed by atoms with van der Waals surface area (Å²) in [5, 5.41) is 3.39. The van der Waals surface area contributed by atoms with Gasteiger partial charge in [-0.05, 0) is 37.5 Å². The highest BCUT2D eigenvalue weighted by atomic mass is 127. The lowest BCUT2D eigenvalue weighted by molar-refractivity contribution is -0.693. The van der Waals surface area contributed by atoms with E-state index in [1.165, 1.54) is 63.4 Å². The van der Waals surface area contributed by atoms with E-state index in [4.69, 9.17) is 21.1 Å². The zero-order chi connectivity index (χ0) is 25.1. The van der Waals surface area contributed by atoms with Crippen molar-refractivity contribution < 1.29 is 42.8 Å². The van der Waals surface area contributed by atoms with Gasteiger partial charge in [-0.2, -0.15) is 0 Å². The third kappa shape index (κ3) is 14.3. The molecule has 0 aliphatic rings. The Labute approximate surface area is 240 Å². The zero-order valence-corrected chi connectivity index (χ0v) is 25.0. The van der Waals surface area contributed by atoms with Crippen molar-refractivity contribution >= 4 is 17.5 Å². The summed E-state index contributed by atoms with van der Waals surface area (Å²) in [5.74, 6) is 1.07. The van der Waals surface area contributed by atoms with Gasteiger partial charge in [-0.3, -0.25) is 4.79 Å². The first-order valence-electron chi connectivity index (χ1n) is 13.4. The van der Waals surface area contributed by atoms with E-state index in [0.717, 1.165) is 19.4 Å². The van der Waals surface area contributed by atoms with Crippen LogP contribution in [0.25, 0.3) is 0 Å². The number of carbonyl (C=O) groups excluding carboxylic acids is 1. The number of aryl methyl sites for hydroxylation is 1. The maximum absolute atomic E-state index is 12.1. The SMILES string of the molecule is CCCCCCCCCCCCOc1ccc(OCC(=O)NCCc2cc[n+](CC)cc2)cc1Cl.[I-]. The minimum absolute atomic E-state index is 0. The predicted molar refractivity (Wildman–Crippen MR) is 143 cm³/mol. The van der Waals surface area contributed by atoms with Crippen LogP contribution in [-0.2, 0) is 17.8 Å². The van der Waals surface area contributed by atoms with Gasteiger partial charge in [0.05, 0.1) is 11.6 Å². The fraction of sp³-hybridized carbons (Fsp3) is 0.586. The van der Waals surface area contributed by atoms with E-state index in [1.54, 1.807) is 12.1 Å². The highest BCUT2D eigenvalue weighted by Gasteiger charge is 2.07. The summed E-state index contributed by atoms with van der Waals surface area (Å²) in [6.07, 6.45) is 17.9. The summed E-state index contributed by atoms with van der Waals surface area (Å²) in [6, 6.07) is 9.46. The molecule has 5 nitrogen and oxygen atoms in total. The predicted octanol–water partition coefficient (Wildman–Crippen LogP) is 3.69. The largest absolute Gasteiger partial charge is 1.00 e. The number of hydrogen-bond acceptors (Lipinski definition) is 3. The van der Waals surface area contributed by atoms with Gasteiger partial charge in [0.15, 0.2) is 19.0 Å². The number of pyridine rings is 1. The van der Waals surface area contributed by atoms with Crippen molar-refractivity contribution in [1.29, 1.82) is 0 Å². The van der Waals surface area contributed by atoms with Crippen LogP contribution in [0.3, 0.4) is 0 Å². The second-order valence-electron chi connectivity index (χ2n) is 9.05. The van der Waals surface area contributed by atoms with Crippen molar-refractivity contribution in [2.24, 2.45) is 0 Å². The molecule has 0 atom stereocenters. The standard InChI is InChI=1S/C29H43ClN2O3.HI/c1-3-5-6-7-8-9-10-11-12-13-22-34-28-15-14-26(23-27(28)30)35-24-29(33)31-19-16-25-17-20-32(4-2)21-18-25;/h14-15,17-18,20-21,23H,3-13,16,19,22,24H2,1-2H3;1H. The second kappa shape index (κ2) is 20.5. The molecule has 0 saturated carbocycles. The Morgan fingerprint density at radius 2 is 1.53 bits per heavy atom. The molecule has 0 aliphatic carbocycles. The highest BCUT2D eigenvalue weighted by Crippen LogP contribution is 2.29. The topological polar surface area (TPSA) is 51.4 Å². The molecule has 36 heavy (non-hydrogen) atoms. The first-order valence-corrected chi connectivity index (χ1v) is 13.8. The average molecular weight is 631 g/mol. The molecule has 1 heterocycles. The lowest BCUT2D eigenvalue weighted by Crippen LogP contribution is -3.00. The lowest BCUT2D eigenvalue weighted by atomic mass is 10.1. The average Bonchev–Trinajstić information content (AvgIpc) is 2.87. The molecule has 1 N–H and O–H groups in total. The molecule has 202 valence electrons. The van der Waals surface area contributed by atoms with Crippen molar-refractivity contribution in [3.8, 4) is 11.5 Å². The van der Waals surface area contributed by atoms with Gasteiger partial charge in [0.2, 0.25) is 0 Å². The van der Waals surface area contributed by atoms with Gasteiger partial charge in [-0.25, -0.2) is 4.57 Å². The smallest absolute Gasteiger partial charge is 0.257 e. The van der Waals surface area contributed by atoms with Crippen LogP contribution in [0.5, 0.6) is 11.5 Å². The molecule has 0 spiro atoms. The number of benzene rings is 1. The van der Waals surface area contributed by atoms with E-state index in [1.807, 2.05) is 6.07 Å². The third-order valence-corrected chi connectivity index (χ3v) is 6.39. The molecule has 7 heteroatoms. The number of hydrogen-bond donors (Lipinski definition) is 1. The van der Waals surface area contributed by atoms with Crippen molar-refractivity contribution in [1.82, 2.24) is 5.32 Å². The van der Waals surface area contributed by atoms with Crippen LogP contribution in [-0.4, -0.2) is 25.7 Å². The quantitative estimate of drug-likeness (QED) is 0.146. The molecular weight excluding hydrogens is 587 g/mol. The number of ether oxygens (including phenoxy) is 2. The zero-order valence-electron chi connectivity index (χ0n) is 22.1. The summed E-state index contributed by atoms with van der Waals surface area (Å²) >= 11 is 6.34. The molecule has 1 amide bonds. The van der Waals surface area contributed by atoms with E-state index in [-0.39, 0.29) is 36.5 Å². The molecule has 0 bridgehead atoms. The normalized spacial score (nSPS) is 10.5. The number of rotatable bonds is 19. The Hall–Kier alpha value is -1.54. The van der Waals surface area contributed by atoms with Crippen LogP contribution in [0, 0.1) is 0 Å². The molecule has 0 aliphatic heterocycles. The molecule has 0 radical (unpaired) electrons. The fourth-order valence-corrected chi connectivity index (χ4v) is 4.10. The summed E-state index contributed by atoms with van der Waals surface area (Å²) in [4.78, 5) is 12.1. The number of halogens is 2. The first kappa shape index (κ1) is 32.5. The van der Waals surface area contributed by atoms with Crippen LogP contribution < -0.4 is 43.3 Å². The fourth-order valence-electron chi connectivity index (χ4n) is 3.87. The highest BCUT2D eigenvalue weighted by molar-refractivity contribution is 6.32. The third-order valence-electron chi connectivity index (χ3n) is 6.09. The van der Waals surface area contributed by atoms with E-state index < -0.39 is 0 Å². The van der Waals surface area contributed by atoms with Crippen LogP contribution in [0.15, 0.2) is 42.7 Å². The van der Waals surface area contributed by atoms with E-state index in [2.05, 4.69) is 48.3 Å². The van der Waals surface area contributed by atoms with Gasteiger partial charge in [0.1, 0.15) is 18.0 Å². The molecule has 0 fully saturated rings. The summed E-state index contributed by atoms with van der Waals surface area (Å²) in [7, 11) is 0. The van der Waals surface area contributed by atoms with Crippen LogP contribution in [0.2, 0.25) is 5.02 Å². The van der Waals surface area contributed by atoms with Gasteiger partial charge in [0.25, 0.3) is 5.91 Å². The van der Waals surface area contributed by atoms with Gasteiger partial charge in [-0.15, -0.1) is 0 Å². The molecule has 1 aromatic carbocycles. The number of aromatic nitrogens is 1. The van der Waals surface area contributed by atoms with Crippen molar-refractivity contribution in [3.63, 3.8) is 0 Å². The molecule has 0 saturated heterocycles. The Bertz CT molecular complexity index is 849. The monoisotopic (exact) mass is 630 g/mol. The number of amides is 1. The van der Waals surface area contributed by atoms with Crippen molar-refractivity contribution in [3.05, 3.63) is 53.3 Å². The Morgan fingerprint density at radius 3 is 2.14 bits per heavy atom. The molecule has 0 unspecified atom stereocenters. The van der Waals surface area contributed by atoms with Crippen molar-refractivity contribution in [2.45, 2.75) is 91.0 Å². The van der Waals surface area contributed by atoms with Gasteiger partial charge in [-0.1, -0.05) is 76.3 Å². The second-order valence-corrected chi connectivity index (χ2v) is 9.46. The van der Waals surface area contributed by atoms with Gasteiger partial charge >= 0.3 is 0 Å². The van der Waals surface area contributed by atoms with Gasteiger partial charge < -0.3 is 38.8 Å². The summed E-state index contributed by atoms with van der Waals surface area (Å²) in [5.41, 5.74) is 1.19. The minimum atomic E-state index is -0.151. The maximum Gasteiger partial charge on any atom is 0.257 e.